The highest BCUT2D eigenvalue weighted by atomic mass is 16.7. The van der Waals surface area contributed by atoms with Crippen molar-refractivity contribution in [2.75, 3.05) is 13.6 Å². The van der Waals surface area contributed by atoms with Crippen LogP contribution >= 0.6 is 0 Å². The van der Waals surface area contributed by atoms with Crippen LogP contribution < -0.4 is 5.43 Å². The molecule has 0 saturated carbocycles. The van der Waals surface area contributed by atoms with Gasteiger partial charge in [-0.05, 0) is 74.7 Å². The van der Waals surface area contributed by atoms with Gasteiger partial charge in [0, 0.05) is 6.54 Å². The molecule has 0 aromatic carbocycles. The zero-order valence-corrected chi connectivity index (χ0v) is 19.8. The number of carbonyl (C=O) groups excluding carboxylic acids is 1. The van der Waals surface area contributed by atoms with Crippen molar-refractivity contribution in [3.63, 3.8) is 0 Å². The van der Waals surface area contributed by atoms with Crippen LogP contribution in [0.25, 0.3) is 0 Å². The minimum atomic E-state index is -1.33. The Kier molecular flexibility index (Phi) is 7.34. The van der Waals surface area contributed by atoms with E-state index in [0.717, 1.165) is 6.42 Å². The number of hydrogen-bond donors (Lipinski definition) is 2. The molecule has 0 spiro atoms. The predicted molar refractivity (Wildman–Crippen MR) is 115 cm³/mol. The second-order valence-electron chi connectivity index (χ2n) is 10.4. The summed E-state index contributed by atoms with van der Waals surface area (Å²) in [5.41, 5.74) is 0.237. The first-order valence-electron chi connectivity index (χ1n) is 10.9. The fraction of sp³-hybridized carbons (Fsp3) is 0.905. The normalized spacial score (nSPS) is 28.7. The van der Waals surface area contributed by atoms with Crippen molar-refractivity contribution in [2.45, 2.75) is 103 Å². The zero-order valence-electron chi connectivity index (χ0n) is 19.8. The summed E-state index contributed by atoms with van der Waals surface area (Å²) in [6, 6.07) is 0. The fourth-order valence-corrected chi connectivity index (χ4v) is 4.35. The van der Waals surface area contributed by atoms with Gasteiger partial charge in [0.15, 0.2) is 0 Å². The summed E-state index contributed by atoms with van der Waals surface area (Å²) in [4.78, 5) is 25.3. The predicted octanol–water partition coefficient (Wildman–Crippen LogP) is 2.87. The minimum absolute atomic E-state index is 0.304. The number of hydrazine groups is 1. The molecule has 2 heterocycles. The Morgan fingerprint density at radius 2 is 1.73 bits per heavy atom. The van der Waals surface area contributed by atoms with Crippen molar-refractivity contribution in [2.24, 2.45) is 5.92 Å². The highest BCUT2D eigenvalue weighted by Crippen LogP contribution is 2.41. The molecular formula is C21H39BN2O6. The largest absolute Gasteiger partial charge is 0.480 e. The Bertz CT molecular complexity index is 632. The number of esters is 1. The topological polar surface area (TPSA) is 97.3 Å². The summed E-state index contributed by atoms with van der Waals surface area (Å²) in [6.07, 6.45) is 2.84. The van der Waals surface area contributed by atoms with Crippen molar-refractivity contribution in [3.8, 4) is 0 Å². The van der Waals surface area contributed by atoms with Gasteiger partial charge in [0.25, 0.3) is 0 Å². The maximum absolute atomic E-state index is 12.8. The maximum Gasteiger partial charge on any atom is 0.457 e. The van der Waals surface area contributed by atoms with Crippen LogP contribution in [0.15, 0.2) is 0 Å². The number of nitrogens with one attached hydrogen (secondary N) is 1. The number of carbonyl (C=O) groups is 2. The van der Waals surface area contributed by atoms with Gasteiger partial charge in [0.2, 0.25) is 0 Å². The molecule has 0 radical (unpaired) electrons. The minimum Gasteiger partial charge on any atom is -0.480 e. The van der Waals surface area contributed by atoms with E-state index in [1.807, 2.05) is 27.7 Å². The number of unbranched alkanes of at least 4 members (excludes halogenated alkanes) is 1. The SMILES string of the molecule is CNN1CCC(C(=O)OC(C)(C)C)C1(CCCCB1OC(C)(C)C(C)(C)O1)C(=O)O. The van der Waals surface area contributed by atoms with E-state index in [0.29, 0.717) is 32.1 Å². The molecule has 172 valence electrons. The lowest BCUT2D eigenvalue weighted by Gasteiger charge is -2.38. The first-order chi connectivity index (χ1) is 13.7. The Balaban J connectivity index is 2.06. The van der Waals surface area contributed by atoms with Crippen LogP contribution in [0.3, 0.4) is 0 Å². The Morgan fingerprint density at radius 1 is 1.17 bits per heavy atom. The number of rotatable bonds is 8. The van der Waals surface area contributed by atoms with E-state index in [-0.39, 0.29) is 18.3 Å². The molecular weight excluding hydrogens is 387 g/mol. The van der Waals surface area contributed by atoms with Crippen LogP contribution in [0.4, 0.5) is 0 Å². The van der Waals surface area contributed by atoms with Gasteiger partial charge in [-0.2, -0.15) is 0 Å². The average molecular weight is 426 g/mol. The second-order valence-corrected chi connectivity index (χ2v) is 10.4. The molecule has 2 rings (SSSR count). The molecule has 30 heavy (non-hydrogen) atoms. The Hall–Kier alpha value is -1.16. The molecule has 0 amide bonds. The van der Waals surface area contributed by atoms with E-state index in [1.165, 1.54) is 0 Å². The Labute approximate surface area is 181 Å². The number of carboxylic acid groups (broad SMARTS) is 1. The van der Waals surface area contributed by atoms with Crippen molar-refractivity contribution in [3.05, 3.63) is 0 Å². The average Bonchev–Trinajstić information content (AvgIpc) is 3.05. The molecule has 2 aliphatic heterocycles. The fourth-order valence-electron chi connectivity index (χ4n) is 4.35. The third kappa shape index (κ3) is 5.01. The molecule has 0 aromatic rings. The number of nitrogens with zero attached hydrogens (tertiary/aromatic N) is 1. The molecule has 0 aliphatic carbocycles. The molecule has 2 unspecified atom stereocenters. The number of hydrogen-bond acceptors (Lipinski definition) is 7. The van der Waals surface area contributed by atoms with Gasteiger partial charge in [-0.1, -0.05) is 12.8 Å². The highest BCUT2D eigenvalue weighted by molar-refractivity contribution is 6.45. The van der Waals surface area contributed by atoms with Crippen LogP contribution in [0.1, 0.15) is 74.1 Å². The van der Waals surface area contributed by atoms with E-state index in [2.05, 4.69) is 5.43 Å². The Morgan fingerprint density at radius 3 is 2.20 bits per heavy atom. The molecule has 2 N–H and O–H groups in total. The van der Waals surface area contributed by atoms with Gasteiger partial charge in [0.1, 0.15) is 11.1 Å². The number of carboxylic acids is 1. The van der Waals surface area contributed by atoms with Gasteiger partial charge >= 0.3 is 19.1 Å². The molecule has 2 atom stereocenters. The molecule has 0 aromatic heterocycles. The van der Waals surface area contributed by atoms with E-state index >= 15 is 0 Å². The second kappa shape index (κ2) is 8.77. The van der Waals surface area contributed by atoms with Crippen LogP contribution in [-0.2, 0) is 23.6 Å². The molecule has 2 aliphatic rings. The highest BCUT2D eigenvalue weighted by Gasteiger charge is 2.58. The molecule has 0 bridgehead atoms. The zero-order chi connectivity index (χ0) is 23.0. The first kappa shape index (κ1) is 25.1. The summed E-state index contributed by atoms with van der Waals surface area (Å²) in [5, 5.41) is 11.9. The van der Waals surface area contributed by atoms with Gasteiger partial charge in [-0.25, -0.2) is 5.01 Å². The van der Waals surface area contributed by atoms with Gasteiger partial charge < -0.3 is 19.2 Å². The lowest BCUT2D eigenvalue weighted by molar-refractivity contribution is -0.172. The van der Waals surface area contributed by atoms with E-state index < -0.39 is 29.0 Å². The van der Waals surface area contributed by atoms with Gasteiger partial charge in [0.05, 0.1) is 17.1 Å². The van der Waals surface area contributed by atoms with Crippen LogP contribution in [-0.4, -0.2) is 65.1 Å². The lowest BCUT2D eigenvalue weighted by Crippen LogP contribution is -2.60. The van der Waals surface area contributed by atoms with Gasteiger partial charge in [-0.3, -0.25) is 15.0 Å². The maximum atomic E-state index is 12.8. The lowest BCUT2D eigenvalue weighted by atomic mass is 9.77. The van der Waals surface area contributed by atoms with Crippen molar-refractivity contribution in [1.82, 2.24) is 10.4 Å². The quantitative estimate of drug-likeness (QED) is 0.348. The first-order valence-corrected chi connectivity index (χ1v) is 10.9. The van der Waals surface area contributed by atoms with E-state index in [9.17, 15) is 14.7 Å². The molecule has 9 heteroatoms. The van der Waals surface area contributed by atoms with Crippen LogP contribution in [0.5, 0.6) is 0 Å². The van der Waals surface area contributed by atoms with E-state index in [4.69, 9.17) is 14.0 Å². The third-order valence-corrected chi connectivity index (χ3v) is 6.58. The number of aliphatic carboxylic acids is 1. The smallest absolute Gasteiger partial charge is 0.457 e. The van der Waals surface area contributed by atoms with Crippen molar-refractivity contribution >= 4 is 19.1 Å². The summed E-state index contributed by atoms with van der Waals surface area (Å²) in [6.45, 7) is 13.9. The summed E-state index contributed by atoms with van der Waals surface area (Å²) < 4.78 is 17.6. The third-order valence-electron chi connectivity index (χ3n) is 6.58. The standard InChI is InChI=1S/C21H39BN2O6/c1-18(2,3)28-16(25)15-11-14-24(23-8)21(15,17(26)27)12-9-10-13-22-29-19(4,5)20(6,7)30-22/h15,23H,9-14H2,1-8H3,(H,26,27). The monoisotopic (exact) mass is 426 g/mol. The van der Waals surface area contributed by atoms with Crippen LogP contribution in [0.2, 0.25) is 6.32 Å². The van der Waals surface area contributed by atoms with Gasteiger partial charge in [-0.15, -0.1) is 0 Å². The summed E-state index contributed by atoms with van der Waals surface area (Å²) >= 11 is 0. The van der Waals surface area contributed by atoms with Crippen molar-refractivity contribution < 1.29 is 28.7 Å². The van der Waals surface area contributed by atoms with Crippen LogP contribution in [0, 0.1) is 5.92 Å². The summed E-state index contributed by atoms with van der Waals surface area (Å²) in [5.74, 6) is -2.17. The van der Waals surface area contributed by atoms with E-state index in [1.54, 1.807) is 32.8 Å². The molecule has 8 nitrogen and oxygen atoms in total. The molecule has 2 saturated heterocycles. The number of ether oxygens (including phenoxy) is 1. The van der Waals surface area contributed by atoms with Crippen molar-refractivity contribution in [1.29, 1.82) is 0 Å². The summed E-state index contributed by atoms with van der Waals surface area (Å²) in [7, 11) is 1.39. The molecule has 2 fully saturated rings.